The van der Waals surface area contributed by atoms with Gasteiger partial charge in [0.15, 0.2) is 0 Å². The number of hydrogen-bond donors (Lipinski definition) is 0. The molecule has 4 rings (SSSR count). The smallest absolute Gasteiger partial charge is 0.226 e. The number of likely N-dealkylation sites (tertiary alicyclic amines) is 1. The van der Waals surface area contributed by atoms with Crippen LogP contribution in [0.2, 0.25) is 0 Å². The summed E-state index contributed by atoms with van der Waals surface area (Å²) < 4.78 is 5.49. The number of piperidine rings is 1. The van der Waals surface area contributed by atoms with E-state index in [0.29, 0.717) is 17.2 Å². The molecule has 4 aliphatic rings. The Labute approximate surface area is 139 Å². The van der Waals surface area contributed by atoms with Crippen molar-refractivity contribution >= 4 is 5.91 Å². The van der Waals surface area contributed by atoms with Crippen LogP contribution in [0.15, 0.2) is 0 Å². The number of nitrogens with zero attached hydrogens (tertiary/aromatic N) is 3. The first kappa shape index (κ1) is 15.9. The predicted octanol–water partition coefficient (Wildman–Crippen LogP) is 1.04. The number of carbonyl (C=O) groups excluding carboxylic acids is 1. The fourth-order valence-corrected chi connectivity index (χ4v) is 4.88. The summed E-state index contributed by atoms with van der Waals surface area (Å²) in [6, 6.07) is 0.728. The molecule has 1 amide bonds. The molecule has 3 heterocycles. The first-order valence-corrected chi connectivity index (χ1v) is 9.47. The number of piperazine rings is 1. The SMILES string of the molecule is CN1CCN(C(=O)C2CC23CCN(C2CCOCC2)CC3)CC1. The third-order valence-electron chi connectivity index (χ3n) is 6.80. The average molecular weight is 321 g/mol. The Balaban J connectivity index is 1.28. The lowest BCUT2D eigenvalue weighted by Crippen LogP contribution is -2.49. The van der Waals surface area contributed by atoms with Crippen LogP contribution in [0.25, 0.3) is 0 Å². The lowest BCUT2D eigenvalue weighted by Gasteiger charge is -2.40. The van der Waals surface area contributed by atoms with Crippen LogP contribution in [0.4, 0.5) is 0 Å². The molecule has 0 radical (unpaired) electrons. The van der Waals surface area contributed by atoms with Crippen LogP contribution >= 0.6 is 0 Å². The second kappa shape index (κ2) is 6.34. The van der Waals surface area contributed by atoms with Gasteiger partial charge in [-0.2, -0.15) is 0 Å². The van der Waals surface area contributed by atoms with Crippen molar-refractivity contribution in [1.29, 1.82) is 0 Å². The van der Waals surface area contributed by atoms with Crippen LogP contribution in [0.1, 0.15) is 32.1 Å². The fourth-order valence-electron chi connectivity index (χ4n) is 4.88. The van der Waals surface area contributed by atoms with Gasteiger partial charge in [0.25, 0.3) is 0 Å². The molecule has 5 heteroatoms. The third-order valence-corrected chi connectivity index (χ3v) is 6.80. The highest BCUT2D eigenvalue weighted by molar-refractivity contribution is 5.82. The highest BCUT2D eigenvalue weighted by atomic mass is 16.5. The highest BCUT2D eigenvalue weighted by Gasteiger charge is 2.59. The van der Waals surface area contributed by atoms with Crippen molar-refractivity contribution in [2.45, 2.75) is 38.1 Å². The molecule has 1 unspecified atom stereocenters. The monoisotopic (exact) mass is 321 g/mol. The number of hydrogen-bond acceptors (Lipinski definition) is 4. The van der Waals surface area contributed by atoms with Crippen LogP contribution in [0.5, 0.6) is 0 Å². The Bertz CT molecular complexity index is 434. The summed E-state index contributed by atoms with van der Waals surface area (Å²) in [6.07, 6.45) is 6.00. The van der Waals surface area contributed by atoms with E-state index in [0.717, 1.165) is 51.9 Å². The maximum atomic E-state index is 12.8. The van der Waals surface area contributed by atoms with Crippen LogP contribution in [-0.2, 0) is 9.53 Å². The molecule has 1 aliphatic carbocycles. The lowest BCUT2D eigenvalue weighted by atomic mass is 9.89. The van der Waals surface area contributed by atoms with Crippen molar-refractivity contribution in [2.75, 3.05) is 59.5 Å². The molecule has 3 saturated heterocycles. The Morgan fingerprint density at radius 2 is 1.65 bits per heavy atom. The van der Waals surface area contributed by atoms with Crippen molar-refractivity contribution < 1.29 is 9.53 Å². The first-order chi connectivity index (χ1) is 11.2. The number of amides is 1. The van der Waals surface area contributed by atoms with Gasteiger partial charge in [-0.3, -0.25) is 4.79 Å². The van der Waals surface area contributed by atoms with E-state index in [4.69, 9.17) is 4.74 Å². The van der Waals surface area contributed by atoms with Crippen molar-refractivity contribution in [3.8, 4) is 0 Å². The molecule has 5 nitrogen and oxygen atoms in total. The fraction of sp³-hybridized carbons (Fsp3) is 0.944. The molecular weight excluding hydrogens is 290 g/mol. The number of likely N-dealkylation sites (N-methyl/N-ethyl adjacent to an activating group) is 1. The van der Waals surface area contributed by atoms with Gasteiger partial charge in [-0.05, 0) is 57.7 Å². The maximum Gasteiger partial charge on any atom is 0.226 e. The summed E-state index contributed by atoms with van der Waals surface area (Å²) in [7, 11) is 2.15. The van der Waals surface area contributed by atoms with E-state index >= 15 is 0 Å². The third kappa shape index (κ3) is 3.15. The number of carbonyl (C=O) groups is 1. The molecule has 1 spiro atoms. The van der Waals surface area contributed by atoms with Gasteiger partial charge >= 0.3 is 0 Å². The molecule has 0 aromatic rings. The summed E-state index contributed by atoms with van der Waals surface area (Å²) in [4.78, 5) is 19.9. The summed E-state index contributed by atoms with van der Waals surface area (Å²) >= 11 is 0. The van der Waals surface area contributed by atoms with E-state index < -0.39 is 0 Å². The zero-order valence-electron chi connectivity index (χ0n) is 14.5. The van der Waals surface area contributed by atoms with E-state index in [1.807, 2.05) is 0 Å². The minimum atomic E-state index is 0.336. The number of ether oxygens (including phenoxy) is 1. The van der Waals surface area contributed by atoms with Gasteiger partial charge in [-0.15, -0.1) is 0 Å². The van der Waals surface area contributed by atoms with Crippen LogP contribution in [-0.4, -0.2) is 86.2 Å². The highest BCUT2D eigenvalue weighted by Crippen LogP contribution is 2.60. The lowest BCUT2D eigenvalue weighted by molar-refractivity contribution is -0.135. The van der Waals surface area contributed by atoms with E-state index in [2.05, 4.69) is 21.7 Å². The van der Waals surface area contributed by atoms with Crippen LogP contribution in [0, 0.1) is 11.3 Å². The van der Waals surface area contributed by atoms with E-state index in [9.17, 15) is 4.79 Å². The summed E-state index contributed by atoms with van der Waals surface area (Å²) in [6.45, 7) is 8.15. The van der Waals surface area contributed by atoms with Crippen LogP contribution < -0.4 is 0 Å². The molecule has 1 saturated carbocycles. The Morgan fingerprint density at radius 1 is 1.00 bits per heavy atom. The topological polar surface area (TPSA) is 36.0 Å². The first-order valence-electron chi connectivity index (χ1n) is 9.47. The van der Waals surface area contributed by atoms with Gasteiger partial charge < -0.3 is 19.4 Å². The largest absolute Gasteiger partial charge is 0.381 e. The average Bonchev–Trinajstić information content (AvgIpc) is 3.30. The summed E-state index contributed by atoms with van der Waals surface area (Å²) in [5, 5.41) is 0. The van der Waals surface area contributed by atoms with Crippen LogP contribution in [0.3, 0.4) is 0 Å². The van der Waals surface area contributed by atoms with Crippen molar-refractivity contribution in [2.24, 2.45) is 11.3 Å². The predicted molar refractivity (Wildman–Crippen MR) is 89.3 cm³/mol. The van der Waals surface area contributed by atoms with Gasteiger partial charge in [-0.25, -0.2) is 0 Å². The zero-order valence-corrected chi connectivity index (χ0v) is 14.5. The van der Waals surface area contributed by atoms with E-state index in [1.165, 1.54) is 38.8 Å². The van der Waals surface area contributed by atoms with Gasteiger partial charge in [0.2, 0.25) is 5.91 Å². The normalized spacial score (nSPS) is 33.1. The van der Waals surface area contributed by atoms with Gasteiger partial charge in [0.1, 0.15) is 0 Å². The van der Waals surface area contributed by atoms with Crippen molar-refractivity contribution in [3.63, 3.8) is 0 Å². The molecule has 130 valence electrons. The second-order valence-corrected chi connectivity index (χ2v) is 8.13. The minimum Gasteiger partial charge on any atom is -0.381 e. The van der Waals surface area contributed by atoms with E-state index in [1.54, 1.807) is 0 Å². The van der Waals surface area contributed by atoms with Gasteiger partial charge in [0, 0.05) is 51.4 Å². The van der Waals surface area contributed by atoms with Crippen molar-refractivity contribution in [3.05, 3.63) is 0 Å². The number of rotatable bonds is 2. The molecule has 3 aliphatic heterocycles. The molecule has 4 fully saturated rings. The standard InChI is InChI=1S/C18H31N3O2/c1-19-8-10-21(11-9-19)17(22)16-14-18(16)4-6-20(7-5-18)15-2-12-23-13-3-15/h15-16H,2-14H2,1H3. The van der Waals surface area contributed by atoms with Gasteiger partial charge in [0.05, 0.1) is 0 Å². The minimum absolute atomic E-state index is 0.336. The Kier molecular flexibility index (Phi) is 4.37. The molecule has 0 aromatic carbocycles. The maximum absolute atomic E-state index is 12.8. The summed E-state index contributed by atoms with van der Waals surface area (Å²) in [5.41, 5.74) is 0.363. The molecule has 0 N–H and O–H groups in total. The molecule has 1 atom stereocenters. The van der Waals surface area contributed by atoms with Crippen molar-refractivity contribution in [1.82, 2.24) is 14.7 Å². The zero-order chi connectivity index (χ0) is 15.9. The van der Waals surface area contributed by atoms with E-state index in [-0.39, 0.29) is 0 Å². The molecule has 0 aromatic heterocycles. The quantitative estimate of drug-likeness (QED) is 0.761. The second-order valence-electron chi connectivity index (χ2n) is 8.13. The Morgan fingerprint density at radius 3 is 2.30 bits per heavy atom. The molecule has 23 heavy (non-hydrogen) atoms. The summed E-state index contributed by atoms with van der Waals surface area (Å²) in [5.74, 6) is 0.792. The van der Waals surface area contributed by atoms with Gasteiger partial charge in [-0.1, -0.05) is 0 Å². The molecular formula is C18H31N3O2. The molecule has 0 bridgehead atoms. The Hall–Kier alpha value is -0.650.